The summed E-state index contributed by atoms with van der Waals surface area (Å²) in [4.78, 5) is 30.2. The molecule has 7 heteroatoms. The van der Waals surface area contributed by atoms with Gasteiger partial charge < -0.3 is 4.74 Å². The zero-order valence-corrected chi connectivity index (χ0v) is 14.9. The normalized spacial score (nSPS) is 11.2. The van der Waals surface area contributed by atoms with Crippen LogP contribution in [0.25, 0.3) is 10.2 Å². The van der Waals surface area contributed by atoms with E-state index in [0.29, 0.717) is 20.7 Å². The lowest BCUT2D eigenvalue weighted by molar-refractivity contribution is 0.0383. The standard InChI is InChI=1S/C18H17FN2O3S/c1-10(2)24-18(23)15-11(3)14-16(25-15)20-9-21(17(14)22)8-12-4-6-13(19)7-5-12/h4-7,9-10H,8H2,1-3H3. The fourth-order valence-corrected chi connectivity index (χ4v) is 3.54. The van der Waals surface area contributed by atoms with Crippen LogP contribution in [0.3, 0.4) is 0 Å². The molecule has 3 rings (SSSR count). The third-order valence-electron chi connectivity index (χ3n) is 3.71. The molecule has 2 heterocycles. The van der Waals surface area contributed by atoms with Crippen LogP contribution >= 0.6 is 11.3 Å². The van der Waals surface area contributed by atoms with E-state index in [1.807, 2.05) is 0 Å². The van der Waals surface area contributed by atoms with Gasteiger partial charge in [0, 0.05) is 0 Å². The summed E-state index contributed by atoms with van der Waals surface area (Å²) in [5.74, 6) is -0.772. The molecule has 0 amide bonds. The van der Waals surface area contributed by atoms with Crippen LogP contribution in [0.4, 0.5) is 4.39 Å². The number of hydrogen-bond donors (Lipinski definition) is 0. The lowest BCUT2D eigenvalue weighted by Gasteiger charge is -2.07. The Morgan fingerprint density at radius 2 is 2.00 bits per heavy atom. The Morgan fingerprint density at radius 1 is 1.32 bits per heavy atom. The van der Waals surface area contributed by atoms with Gasteiger partial charge in [-0.1, -0.05) is 12.1 Å². The molecule has 130 valence electrons. The Morgan fingerprint density at radius 3 is 2.64 bits per heavy atom. The van der Waals surface area contributed by atoms with Gasteiger partial charge in [0.05, 0.1) is 24.4 Å². The van der Waals surface area contributed by atoms with Gasteiger partial charge >= 0.3 is 5.97 Å². The summed E-state index contributed by atoms with van der Waals surface area (Å²) in [5.41, 5.74) is 1.14. The number of ether oxygens (including phenoxy) is 1. The van der Waals surface area contributed by atoms with E-state index in [0.717, 1.165) is 16.9 Å². The molecule has 2 aromatic heterocycles. The Balaban J connectivity index is 2.02. The van der Waals surface area contributed by atoms with Crippen molar-refractivity contribution < 1.29 is 13.9 Å². The highest BCUT2D eigenvalue weighted by Gasteiger charge is 2.21. The molecular formula is C18H17FN2O3S. The molecule has 25 heavy (non-hydrogen) atoms. The predicted molar refractivity (Wildman–Crippen MR) is 94.7 cm³/mol. The Hall–Kier alpha value is -2.54. The van der Waals surface area contributed by atoms with Crippen molar-refractivity contribution in [3.8, 4) is 0 Å². The molecule has 5 nitrogen and oxygen atoms in total. The number of rotatable bonds is 4. The van der Waals surface area contributed by atoms with Crippen molar-refractivity contribution in [3.05, 3.63) is 62.8 Å². The van der Waals surface area contributed by atoms with Gasteiger partial charge in [0.2, 0.25) is 0 Å². The number of halogens is 1. The van der Waals surface area contributed by atoms with Crippen LogP contribution in [0.2, 0.25) is 0 Å². The number of carbonyl (C=O) groups excluding carboxylic acids is 1. The Labute approximate surface area is 147 Å². The zero-order valence-electron chi connectivity index (χ0n) is 14.1. The molecule has 0 aliphatic heterocycles. The molecule has 0 saturated heterocycles. The van der Waals surface area contributed by atoms with Crippen LogP contribution in [-0.4, -0.2) is 21.6 Å². The molecular weight excluding hydrogens is 343 g/mol. The fourth-order valence-electron chi connectivity index (χ4n) is 2.52. The highest BCUT2D eigenvalue weighted by Crippen LogP contribution is 2.27. The number of esters is 1. The first-order valence-corrected chi connectivity index (χ1v) is 8.62. The first kappa shape index (κ1) is 17.3. The molecule has 0 aliphatic rings. The average Bonchev–Trinajstić information content (AvgIpc) is 2.89. The van der Waals surface area contributed by atoms with E-state index >= 15 is 0 Å². The summed E-state index contributed by atoms with van der Waals surface area (Å²) in [7, 11) is 0. The topological polar surface area (TPSA) is 61.2 Å². The molecule has 0 radical (unpaired) electrons. The van der Waals surface area contributed by atoms with E-state index in [4.69, 9.17) is 4.74 Å². The maximum absolute atomic E-state index is 13.0. The van der Waals surface area contributed by atoms with Crippen LogP contribution in [0.1, 0.15) is 34.6 Å². The van der Waals surface area contributed by atoms with E-state index in [-0.39, 0.29) is 24.0 Å². The minimum atomic E-state index is -0.444. The van der Waals surface area contributed by atoms with Crippen LogP contribution in [-0.2, 0) is 11.3 Å². The van der Waals surface area contributed by atoms with Gasteiger partial charge in [0.25, 0.3) is 5.56 Å². The van der Waals surface area contributed by atoms with Gasteiger partial charge in [-0.25, -0.2) is 14.2 Å². The van der Waals surface area contributed by atoms with Gasteiger partial charge in [0.15, 0.2) is 0 Å². The second kappa shape index (κ2) is 6.76. The van der Waals surface area contributed by atoms with Crippen molar-refractivity contribution >= 4 is 27.5 Å². The lowest BCUT2D eigenvalue weighted by Crippen LogP contribution is -2.21. The van der Waals surface area contributed by atoms with Crippen LogP contribution < -0.4 is 5.56 Å². The van der Waals surface area contributed by atoms with Gasteiger partial charge in [0.1, 0.15) is 15.5 Å². The van der Waals surface area contributed by atoms with Crippen molar-refractivity contribution in [2.45, 2.75) is 33.4 Å². The molecule has 0 fully saturated rings. The molecule has 3 aromatic rings. The second-order valence-corrected chi connectivity index (χ2v) is 6.99. The third kappa shape index (κ3) is 3.46. The summed E-state index contributed by atoms with van der Waals surface area (Å²) >= 11 is 1.16. The number of fused-ring (bicyclic) bond motifs is 1. The molecule has 1 aromatic carbocycles. The van der Waals surface area contributed by atoms with Crippen molar-refractivity contribution in [2.24, 2.45) is 0 Å². The smallest absolute Gasteiger partial charge is 0.348 e. The Bertz CT molecular complexity index is 990. The monoisotopic (exact) mass is 360 g/mol. The highest BCUT2D eigenvalue weighted by molar-refractivity contribution is 7.20. The van der Waals surface area contributed by atoms with Crippen molar-refractivity contribution in [2.75, 3.05) is 0 Å². The van der Waals surface area contributed by atoms with E-state index in [2.05, 4.69) is 4.98 Å². The summed E-state index contributed by atoms with van der Waals surface area (Å²) in [6, 6.07) is 5.94. The van der Waals surface area contributed by atoms with Gasteiger partial charge in [-0.2, -0.15) is 0 Å². The van der Waals surface area contributed by atoms with E-state index in [9.17, 15) is 14.0 Å². The fraction of sp³-hybridized carbons (Fsp3) is 0.278. The molecule has 0 bridgehead atoms. The maximum Gasteiger partial charge on any atom is 0.348 e. The summed E-state index contributed by atoms with van der Waals surface area (Å²) < 4.78 is 19.7. The third-order valence-corrected chi connectivity index (χ3v) is 4.89. The summed E-state index contributed by atoms with van der Waals surface area (Å²) in [6.07, 6.45) is 1.21. The number of benzene rings is 1. The molecule has 0 aliphatic carbocycles. The second-order valence-electron chi connectivity index (χ2n) is 5.99. The molecule has 0 unspecified atom stereocenters. The molecule has 0 N–H and O–H groups in total. The maximum atomic E-state index is 13.0. The van der Waals surface area contributed by atoms with E-state index in [1.54, 1.807) is 32.9 Å². The number of aromatic nitrogens is 2. The van der Waals surface area contributed by atoms with Crippen LogP contribution in [0.5, 0.6) is 0 Å². The van der Waals surface area contributed by atoms with E-state index in [1.165, 1.54) is 23.0 Å². The first-order valence-electron chi connectivity index (χ1n) is 7.80. The minimum Gasteiger partial charge on any atom is -0.459 e. The highest BCUT2D eigenvalue weighted by atomic mass is 32.1. The van der Waals surface area contributed by atoms with Crippen LogP contribution in [0, 0.1) is 12.7 Å². The van der Waals surface area contributed by atoms with Gasteiger partial charge in [-0.15, -0.1) is 11.3 Å². The van der Waals surface area contributed by atoms with E-state index < -0.39 is 5.97 Å². The number of nitrogens with zero attached hydrogens (tertiary/aromatic N) is 2. The van der Waals surface area contributed by atoms with Crippen molar-refractivity contribution in [3.63, 3.8) is 0 Å². The van der Waals surface area contributed by atoms with Gasteiger partial charge in [-0.05, 0) is 44.0 Å². The van der Waals surface area contributed by atoms with Crippen molar-refractivity contribution in [1.29, 1.82) is 0 Å². The summed E-state index contributed by atoms with van der Waals surface area (Å²) in [5, 5.41) is 0.422. The summed E-state index contributed by atoms with van der Waals surface area (Å²) in [6.45, 7) is 5.55. The Kier molecular flexibility index (Phi) is 4.67. The number of carbonyl (C=O) groups is 1. The number of hydrogen-bond acceptors (Lipinski definition) is 5. The quantitative estimate of drug-likeness (QED) is 0.668. The lowest BCUT2D eigenvalue weighted by atomic mass is 10.2. The number of thiophene rings is 1. The van der Waals surface area contributed by atoms with Crippen molar-refractivity contribution in [1.82, 2.24) is 9.55 Å². The van der Waals surface area contributed by atoms with Gasteiger partial charge in [-0.3, -0.25) is 9.36 Å². The van der Waals surface area contributed by atoms with Crippen LogP contribution in [0.15, 0.2) is 35.4 Å². The predicted octanol–water partition coefficient (Wildman–Crippen LogP) is 3.52. The SMILES string of the molecule is Cc1c(C(=O)OC(C)C)sc2ncn(Cc3ccc(F)cc3)c(=O)c12. The zero-order chi connectivity index (χ0) is 18.1. The molecule has 0 atom stereocenters. The average molecular weight is 360 g/mol. The molecule has 0 spiro atoms. The molecule has 0 saturated carbocycles. The minimum absolute atomic E-state index is 0.230. The number of aryl methyl sites for hydroxylation is 1. The largest absolute Gasteiger partial charge is 0.459 e. The first-order chi connectivity index (χ1) is 11.9.